The molecule has 0 aliphatic heterocycles. The summed E-state index contributed by atoms with van der Waals surface area (Å²) in [5.41, 5.74) is -0.286. The molecule has 0 saturated carbocycles. The Kier molecular flexibility index (Phi) is 4.38. The van der Waals surface area contributed by atoms with Crippen LogP contribution in [0.1, 0.15) is 12.5 Å². The summed E-state index contributed by atoms with van der Waals surface area (Å²) < 4.78 is 4.52. The van der Waals surface area contributed by atoms with Gasteiger partial charge in [-0.1, -0.05) is 17.7 Å². The zero-order valence-electron chi connectivity index (χ0n) is 9.69. The van der Waals surface area contributed by atoms with Gasteiger partial charge in [0.1, 0.15) is 0 Å². The smallest absolute Gasteiger partial charge is 0.338 e. The minimum Gasteiger partial charge on any atom is -0.467 e. The van der Waals surface area contributed by atoms with E-state index >= 15 is 0 Å². The van der Waals surface area contributed by atoms with Gasteiger partial charge < -0.3 is 9.84 Å². The van der Waals surface area contributed by atoms with Crippen molar-refractivity contribution >= 4 is 17.7 Å². The summed E-state index contributed by atoms with van der Waals surface area (Å²) in [5, 5.41) is 9.82. The predicted octanol–water partition coefficient (Wildman–Crippen LogP) is 2.01. The van der Waals surface area contributed by atoms with Gasteiger partial charge in [-0.15, -0.1) is 11.8 Å². The first-order valence-corrected chi connectivity index (χ1v) is 5.94. The molecule has 16 heavy (non-hydrogen) atoms. The first-order valence-electron chi connectivity index (χ1n) is 4.96. The third-order valence-electron chi connectivity index (χ3n) is 2.13. The summed E-state index contributed by atoms with van der Waals surface area (Å²) in [6, 6.07) is 7.91. The van der Waals surface area contributed by atoms with Crippen LogP contribution in [-0.2, 0) is 9.53 Å². The van der Waals surface area contributed by atoms with Gasteiger partial charge in [0, 0.05) is 10.6 Å². The Hall–Kier alpha value is -1.00. The lowest BCUT2D eigenvalue weighted by Crippen LogP contribution is -2.38. The predicted molar refractivity (Wildman–Crippen MR) is 64.5 cm³/mol. The Bertz CT molecular complexity index is 374. The average molecular weight is 240 g/mol. The molecule has 0 spiro atoms. The molecule has 0 heterocycles. The molecule has 0 radical (unpaired) electrons. The van der Waals surface area contributed by atoms with Crippen molar-refractivity contribution in [1.82, 2.24) is 0 Å². The van der Waals surface area contributed by atoms with E-state index in [0.29, 0.717) is 0 Å². The van der Waals surface area contributed by atoms with Crippen molar-refractivity contribution in [1.29, 1.82) is 0 Å². The topological polar surface area (TPSA) is 46.5 Å². The van der Waals surface area contributed by atoms with E-state index in [2.05, 4.69) is 4.74 Å². The van der Waals surface area contributed by atoms with Crippen molar-refractivity contribution in [3.63, 3.8) is 0 Å². The molecule has 0 amide bonds. The lowest BCUT2D eigenvalue weighted by molar-refractivity contribution is -0.158. The molecule has 1 rings (SSSR count). The Morgan fingerprint density at radius 1 is 1.56 bits per heavy atom. The molecule has 0 aromatic heterocycles. The van der Waals surface area contributed by atoms with Gasteiger partial charge in [-0.25, -0.2) is 4.79 Å². The summed E-state index contributed by atoms with van der Waals surface area (Å²) in [4.78, 5) is 12.3. The maximum atomic E-state index is 11.2. The van der Waals surface area contributed by atoms with Crippen LogP contribution in [0.2, 0.25) is 0 Å². The lowest BCUT2D eigenvalue weighted by Gasteiger charge is -2.19. The number of rotatable bonds is 4. The Balaban J connectivity index is 2.61. The molecule has 3 nitrogen and oxygen atoms in total. The average Bonchev–Trinajstić information content (AvgIpc) is 2.25. The van der Waals surface area contributed by atoms with Crippen molar-refractivity contribution in [2.24, 2.45) is 0 Å². The maximum Gasteiger partial charge on any atom is 0.338 e. The molecule has 0 saturated heterocycles. The monoisotopic (exact) mass is 240 g/mol. The molecule has 1 aromatic rings. The van der Waals surface area contributed by atoms with Crippen molar-refractivity contribution in [2.75, 3.05) is 12.9 Å². The lowest BCUT2D eigenvalue weighted by atomic mass is 10.1. The number of thioether (sulfide) groups is 1. The summed E-state index contributed by atoms with van der Waals surface area (Å²) in [7, 11) is 1.27. The van der Waals surface area contributed by atoms with E-state index in [1.165, 1.54) is 25.8 Å². The van der Waals surface area contributed by atoms with Gasteiger partial charge in [0.2, 0.25) is 0 Å². The zero-order chi connectivity index (χ0) is 12.2. The van der Waals surface area contributed by atoms with Crippen LogP contribution in [-0.4, -0.2) is 29.5 Å². The van der Waals surface area contributed by atoms with Gasteiger partial charge in [-0.2, -0.15) is 0 Å². The highest BCUT2D eigenvalue weighted by Crippen LogP contribution is 2.23. The number of methoxy groups -OCH3 is 1. The third kappa shape index (κ3) is 3.54. The minimum absolute atomic E-state index is 0.281. The van der Waals surface area contributed by atoms with E-state index in [1.54, 1.807) is 0 Å². The number of benzene rings is 1. The summed E-state index contributed by atoms with van der Waals surface area (Å²) in [5.74, 6) is -0.323. The van der Waals surface area contributed by atoms with Gasteiger partial charge in [0.15, 0.2) is 5.60 Å². The standard InChI is InChI=1S/C12H16O3S/c1-9-5-4-6-10(7-9)16-8-12(2,14)11(13)15-3/h4-7,14H,8H2,1-3H3. The SMILES string of the molecule is COC(=O)C(C)(O)CSc1cccc(C)c1. The third-order valence-corrected chi connectivity index (χ3v) is 3.43. The van der Waals surface area contributed by atoms with E-state index in [4.69, 9.17) is 0 Å². The van der Waals surface area contributed by atoms with Crippen LogP contribution >= 0.6 is 11.8 Å². The Morgan fingerprint density at radius 3 is 2.81 bits per heavy atom. The van der Waals surface area contributed by atoms with Crippen molar-refractivity contribution in [3.05, 3.63) is 29.8 Å². The minimum atomic E-state index is -1.44. The van der Waals surface area contributed by atoms with E-state index in [9.17, 15) is 9.90 Å². The summed E-state index contributed by atoms with van der Waals surface area (Å²) in [6.45, 7) is 3.46. The zero-order valence-corrected chi connectivity index (χ0v) is 10.5. The number of hydrogen-bond acceptors (Lipinski definition) is 4. The number of carbonyl (C=O) groups excluding carboxylic acids is 1. The fourth-order valence-corrected chi connectivity index (χ4v) is 2.22. The fraction of sp³-hybridized carbons (Fsp3) is 0.417. The summed E-state index contributed by atoms with van der Waals surface area (Å²) in [6.07, 6.45) is 0. The second kappa shape index (κ2) is 5.37. The number of aryl methyl sites for hydroxylation is 1. The van der Waals surface area contributed by atoms with Crippen LogP contribution in [0.25, 0.3) is 0 Å². The largest absolute Gasteiger partial charge is 0.467 e. The van der Waals surface area contributed by atoms with Gasteiger partial charge in [-0.3, -0.25) is 0 Å². The highest BCUT2D eigenvalue weighted by atomic mass is 32.2. The molecule has 1 unspecified atom stereocenters. The number of esters is 1. The molecule has 0 bridgehead atoms. The second-order valence-electron chi connectivity index (χ2n) is 3.87. The number of carbonyl (C=O) groups is 1. The molecule has 4 heteroatoms. The highest BCUT2D eigenvalue weighted by molar-refractivity contribution is 7.99. The molecule has 1 N–H and O–H groups in total. The number of ether oxygens (including phenoxy) is 1. The summed E-state index contributed by atoms with van der Waals surface area (Å²) >= 11 is 1.43. The molecule has 0 aliphatic rings. The molecular formula is C12H16O3S. The van der Waals surface area contributed by atoms with Crippen molar-refractivity contribution in [2.45, 2.75) is 24.3 Å². The van der Waals surface area contributed by atoms with Crippen LogP contribution < -0.4 is 0 Å². The Labute approximate surface area is 99.8 Å². The van der Waals surface area contributed by atoms with Gasteiger partial charge in [0.25, 0.3) is 0 Å². The Morgan fingerprint density at radius 2 is 2.25 bits per heavy atom. The van der Waals surface area contributed by atoms with Gasteiger partial charge in [0.05, 0.1) is 7.11 Å². The molecule has 0 fully saturated rings. The molecule has 1 atom stereocenters. The molecular weight excluding hydrogens is 224 g/mol. The number of aliphatic hydroxyl groups is 1. The van der Waals surface area contributed by atoms with E-state index in [0.717, 1.165) is 10.5 Å². The van der Waals surface area contributed by atoms with Gasteiger partial charge >= 0.3 is 5.97 Å². The van der Waals surface area contributed by atoms with Crippen LogP contribution in [0.5, 0.6) is 0 Å². The highest BCUT2D eigenvalue weighted by Gasteiger charge is 2.31. The van der Waals surface area contributed by atoms with Crippen molar-refractivity contribution < 1.29 is 14.6 Å². The first kappa shape index (κ1) is 13.1. The number of hydrogen-bond donors (Lipinski definition) is 1. The van der Waals surface area contributed by atoms with E-state index in [-0.39, 0.29) is 5.75 Å². The quantitative estimate of drug-likeness (QED) is 0.646. The molecule has 0 aliphatic carbocycles. The molecule has 1 aromatic carbocycles. The van der Waals surface area contributed by atoms with Crippen LogP contribution in [0.3, 0.4) is 0 Å². The van der Waals surface area contributed by atoms with Crippen LogP contribution in [0.15, 0.2) is 29.2 Å². The van der Waals surface area contributed by atoms with Gasteiger partial charge in [-0.05, 0) is 26.0 Å². The van der Waals surface area contributed by atoms with Crippen LogP contribution in [0, 0.1) is 6.92 Å². The van der Waals surface area contributed by atoms with E-state index in [1.807, 2.05) is 31.2 Å². The van der Waals surface area contributed by atoms with Crippen molar-refractivity contribution in [3.8, 4) is 0 Å². The fourth-order valence-electron chi connectivity index (χ4n) is 1.21. The molecule has 88 valence electrons. The maximum absolute atomic E-state index is 11.2. The second-order valence-corrected chi connectivity index (χ2v) is 4.92. The normalized spacial score (nSPS) is 14.2. The first-order chi connectivity index (χ1) is 7.45. The van der Waals surface area contributed by atoms with Crippen LogP contribution in [0.4, 0.5) is 0 Å². The van der Waals surface area contributed by atoms with E-state index < -0.39 is 11.6 Å².